The zero-order valence-corrected chi connectivity index (χ0v) is 17.7. The highest BCUT2D eigenvalue weighted by Crippen LogP contribution is 2.26. The van der Waals surface area contributed by atoms with Crippen molar-refractivity contribution in [2.24, 2.45) is 7.05 Å². The molecule has 0 radical (unpaired) electrons. The van der Waals surface area contributed by atoms with Crippen molar-refractivity contribution in [3.8, 4) is 16.9 Å². The molecule has 8 heteroatoms. The van der Waals surface area contributed by atoms with Crippen molar-refractivity contribution < 1.29 is 4.79 Å². The summed E-state index contributed by atoms with van der Waals surface area (Å²) >= 11 is 0. The standard InChI is InChI=1S/C24H21N7O/c1-16-22-19(13-20(17-9-5-3-6-10-17)28-23(22)30(2)29-16)24(32)25-14-21-26-15-27-31(21)18-11-7-4-8-12-18/h3-13,15H,14H2,1-2H3,(H,25,32). The number of nitrogens with one attached hydrogen (secondary N) is 1. The minimum absolute atomic E-state index is 0.215. The van der Waals surface area contributed by atoms with E-state index < -0.39 is 0 Å². The topological polar surface area (TPSA) is 90.5 Å². The zero-order valence-electron chi connectivity index (χ0n) is 17.7. The molecule has 0 saturated heterocycles. The van der Waals surface area contributed by atoms with Crippen molar-refractivity contribution >= 4 is 16.9 Å². The lowest BCUT2D eigenvalue weighted by Crippen LogP contribution is -2.25. The fraction of sp³-hybridized carbons (Fsp3) is 0.125. The largest absolute Gasteiger partial charge is 0.345 e. The van der Waals surface area contributed by atoms with Gasteiger partial charge in [0.25, 0.3) is 5.91 Å². The number of carbonyl (C=O) groups excluding carboxylic acids is 1. The number of hydrogen-bond donors (Lipinski definition) is 1. The first-order chi connectivity index (χ1) is 15.6. The first kappa shape index (κ1) is 19.6. The van der Waals surface area contributed by atoms with Crippen molar-refractivity contribution in [1.29, 1.82) is 0 Å². The number of hydrogen-bond acceptors (Lipinski definition) is 5. The molecular weight excluding hydrogens is 402 g/mol. The third-order valence-corrected chi connectivity index (χ3v) is 5.31. The van der Waals surface area contributed by atoms with Crippen molar-refractivity contribution in [3.63, 3.8) is 0 Å². The summed E-state index contributed by atoms with van der Waals surface area (Å²) < 4.78 is 3.42. The molecule has 1 amide bonds. The van der Waals surface area contributed by atoms with E-state index in [-0.39, 0.29) is 12.5 Å². The number of fused-ring (bicyclic) bond motifs is 1. The Balaban J connectivity index is 1.50. The predicted molar refractivity (Wildman–Crippen MR) is 121 cm³/mol. The lowest BCUT2D eigenvalue weighted by Gasteiger charge is -2.10. The number of benzene rings is 2. The third kappa shape index (κ3) is 3.51. The van der Waals surface area contributed by atoms with Crippen LogP contribution in [0.4, 0.5) is 0 Å². The number of carbonyl (C=O) groups is 1. The van der Waals surface area contributed by atoms with Gasteiger partial charge in [-0.2, -0.15) is 10.2 Å². The van der Waals surface area contributed by atoms with Gasteiger partial charge < -0.3 is 5.32 Å². The number of pyridine rings is 1. The van der Waals surface area contributed by atoms with Crippen LogP contribution in [0.3, 0.4) is 0 Å². The Kier molecular flexibility index (Phi) is 4.95. The Morgan fingerprint density at radius 3 is 2.50 bits per heavy atom. The highest BCUT2D eigenvalue weighted by molar-refractivity contribution is 6.07. The monoisotopic (exact) mass is 423 g/mol. The molecule has 158 valence electrons. The van der Waals surface area contributed by atoms with E-state index in [1.165, 1.54) is 6.33 Å². The van der Waals surface area contributed by atoms with Gasteiger partial charge in [-0.15, -0.1) is 0 Å². The molecule has 0 aliphatic heterocycles. The van der Waals surface area contributed by atoms with E-state index in [2.05, 4.69) is 20.5 Å². The van der Waals surface area contributed by atoms with Crippen LogP contribution in [0.1, 0.15) is 21.9 Å². The van der Waals surface area contributed by atoms with E-state index in [1.807, 2.05) is 80.7 Å². The summed E-state index contributed by atoms with van der Waals surface area (Å²) in [5.41, 5.74) is 4.50. The van der Waals surface area contributed by atoms with E-state index in [9.17, 15) is 4.79 Å². The predicted octanol–water partition coefficient (Wildman–Crippen LogP) is 3.45. The van der Waals surface area contributed by atoms with Gasteiger partial charge >= 0.3 is 0 Å². The maximum Gasteiger partial charge on any atom is 0.252 e. The van der Waals surface area contributed by atoms with Crippen molar-refractivity contribution in [2.45, 2.75) is 13.5 Å². The first-order valence-electron chi connectivity index (χ1n) is 10.2. The highest BCUT2D eigenvalue weighted by atomic mass is 16.1. The number of aryl methyl sites for hydroxylation is 2. The minimum Gasteiger partial charge on any atom is -0.345 e. The molecule has 1 N–H and O–H groups in total. The Morgan fingerprint density at radius 1 is 1.03 bits per heavy atom. The van der Waals surface area contributed by atoms with Crippen LogP contribution in [0, 0.1) is 6.92 Å². The summed E-state index contributed by atoms with van der Waals surface area (Å²) in [6, 6.07) is 21.3. The van der Waals surface area contributed by atoms with Crippen LogP contribution >= 0.6 is 0 Å². The van der Waals surface area contributed by atoms with Gasteiger partial charge in [0.1, 0.15) is 6.33 Å². The molecule has 0 bridgehead atoms. The van der Waals surface area contributed by atoms with Gasteiger partial charge in [0.15, 0.2) is 11.5 Å². The Morgan fingerprint density at radius 2 is 1.75 bits per heavy atom. The first-order valence-corrected chi connectivity index (χ1v) is 10.2. The Bertz CT molecular complexity index is 1400. The fourth-order valence-corrected chi connectivity index (χ4v) is 3.81. The molecule has 0 aliphatic rings. The van der Waals surface area contributed by atoms with Crippen LogP contribution in [-0.4, -0.2) is 35.4 Å². The van der Waals surface area contributed by atoms with Crippen LogP contribution in [0.15, 0.2) is 73.1 Å². The summed E-state index contributed by atoms with van der Waals surface area (Å²) in [6.45, 7) is 2.12. The summed E-state index contributed by atoms with van der Waals surface area (Å²) in [6.07, 6.45) is 1.48. The molecule has 5 rings (SSSR count). The number of nitrogens with zero attached hydrogens (tertiary/aromatic N) is 6. The smallest absolute Gasteiger partial charge is 0.252 e. The maximum absolute atomic E-state index is 13.3. The minimum atomic E-state index is -0.215. The van der Waals surface area contributed by atoms with Crippen molar-refractivity contribution in [3.05, 3.63) is 90.1 Å². The van der Waals surface area contributed by atoms with Crippen molar-refractivity contribution in [1.82, 2.24) is 34.8 Å². The number of para-hydroxylation sites is 1. The second kappa shape index (κ2) is 8.07. The lowest BCUT2D eigenvalue weighted by atomic mass is 10.0. The van der Waals surface area contributed by atoms with Gasteiger partial charge in [0, 0.05) is 12.6 Å². The summed E-state index contributed by atoms with van der Waals surface area (Å²) in [7, 11) is 1.83. The molecule has 0 atom stereocenters. The molecular formula is C24H21N7O. The second-order valence-electron chi connectivity index (χ2n) is 7.44. The number of amides is 1. The average molecular weight is 423 g/mol. The Labute approximate surface area is 184 Å². The SMILES string of the molecule is Cc1nn(C)c2nc(-c3ccccc3)cc(C(=O)NCc3ncnn3-c3ccccc3)c12. The van der Waals surface area contributed by atoms with Gasteiger partial charge in [-0.25, -0.2) is 14.6 Å². The third-order valence-electron chi connectivity index (χ3n) is 5.31. The summed E-state index contributed by atoms with van der Waals surface area (Å²) in [5.74, 6) is 0.425. The molecule has 0 saturated carbocycles. The van der Waals surface area contributed by atoms with Crippen LogP contribution in [0.25, 0.3) is 28.0 Å². The molecule has 2 aromatic carbocycles. The highest BCUT2D eigenvalue weighted by Gasteiger charge is 2.20. The van der Waals surface area contributed by atoms with E-state index in [0.717, 1.165) is 28.0 Å². The van der Waals surface area contributed by atoms with E-state index in [0.29, 0.717) is 17.0 Å². The normalized spacial score (nSPS) is 11.1. The lowest BCUT2D eigenvalue weighted by molar-refractivity contribution is 0.0951. The molecule has 3 aromatic heterocycles. The molecule has 3 heterocycles. The van der Waals surface area contributed by atoms with Crippen LogP contribution in [-0.2, 0) is 13.6 Å². The van der Waals surface area contributed by atoms with Gasteiger partial charge in [-0.3, -0.25) is 9.48 Å². The molecule has 5 aromatic rings. The fourth-order valence-electron chi connectivity index (χ4n) is 3.81. The van der Waals surface area contributed by atoms with E-state index >= 15 is 0 Å². The molecule has 0 aliphatic carbocycles. The van der Waals surface area contributed by atoms with Gasteiger partial charge in [-0.05, 0) is 25.1 Å². The summed E-state index contributed by atoms with van der Waals surface area (Å²) in [5, 5.41) is 12.5. The zero-order chi connectivity index (χ0) is 22.1. The molecule has 32 heavy (non-hydrogen) atoms. The van der Waals surface area contributed by atoms with Gasteiger partial charge in [-0.1, -0.05) is 48.5 Å². The van der Waals surface area contributed by atoms with Gasteiger partial charge in [0.05, 0.1) is 34.6 Å². The number of rotatable bonds is 5. The van der Waals surface area contributed by atoms with E-state index in [4.69, 9.17) is 4.98 Å². The van der Waals surface area contributed by atoms with E-state index in [1.54, 1.807) is 9.36 Å². The van der Waals surface area contributed by atoms with Crippen LogP contribution < -0.4 is 5.32 Å². The molecule has 0 fully saturated rings. The number of aromatic nitrogens is 6. The molecule has 0 unspecified atom stereocenters. The maximum atomic E-state index is 13.3. The average Bonchev–Trinajstić information content (AvgIpc) is 3.42. The van der Waals surface area contributed by atoms with Crippen LogP contribution in [0.2, 0.25) is 0 Å². The molecule has 8 nitrogen and oxygen atoms in total. The van der Waals surface area contributed by atoms with Crippen molar-refractivity contribution in [2.75, 3.05) is 0 Å². The molecule has 0 spiro atoms. The Hall–Kier alpha value is -4.33. The summed E-state index contributed by atoms with van der Waals surface area (Å²) in [4.78, 5) is 22.4. The second-order valence-corrected chi connectivity index (χ2v) is 7.44. The van der Waals surface area contributed by atoms with Gasteiger partial charge in [0.2, 0.25) is 0 Å². The quantitative estimate of drug-likeness (QED) is 0.468. The van der Waals surface area contributed by atoms with Crippen LogP contribution in [0.5, 0.6) is 0 Å².